The molecule has 3 aromatic rings. The SMILES string of the molecule is Cc1ccc2oc(C(=O)Nc3cc(Cl)ccn3)cc2c1. The van der Waals surface area contributed by atoms with Gasteiger partial charge in [-0.3, -0.25) is 4.79 Å². The average Bonchev–Trinajstić information content (AvgIpc) is 2.81. The zero-order valence-corrected chi connectivity index (χ0v) is 11.4. The van der Waals surface area contributed by atoms with Crippen molar-refractivity contribution in [2.75, 3.05) is 5.32 Å². The Kier molecular flexibility index (Phi) is 3.16. The van der Waals surface area contributed by atoms with Gasteiger partial charge in [-0.05, 0) is 37.3 Å². The van der Waals surface area contributed by atoms with Crippen LogP contribution in [0.15, 0.2) is 47.0 Å². The Hall–Kier alpha value is -2.33. The Morgan fingerprint density at radius 1 is 1.25 bits per heavy atom. The van der Waals surface area contributed by atoms with Gasteiger partial charge in [0.1, 0.15) is 11.4 Å². The third-order valence-electron chi connectivity index (χ3n) is 2.86. The highest BCUT2D eigenvalue weighted by Gasteiger charge is 2.13. The zero-order valence-electron chi connectivity index (χ0n) is 10.7. The number of nitrogens with one attached hydrogen (secondary N) is 1. The first kappa shape index (κ1) is 12.7. The number of fused-ring (bicyclic) bond motifs is 1. The Morgan fingerprint density at radius 2 is 2.10 bits per heavy atom. The second-order valence-corrected chi connectivity index (χ2v) is 4.90. The lowest BCUT2D eigenvalue weighted by Gasteiger charge is -2.01. The van der Waals surface area contributed by atoms with Crippen LogP contribution in [-0.4, -0.2) is 10.9 Å². The number of amides is 1. The summed E-state index contributed by atoms with van der Waals surface area (Å²) in [4.78, 5) is 16.1. The standard InChI is InChI=1S/C15H11ClN2O2/c1-9-2-3-12-10(6-9)7-13(20-12)15(19)18-14-8-11(16)4-5-17-14/h2-8H,1H3,(H,17,18,19). The summed E-state index contributed by atoms with van der Waals surface area (Å²) in [6.45, 7) is 1.99. The second-order valence-electron chi connectivity index (χ2n) is 4.47. The summed E-state index contributed by atoms with van der Waals surface area (Å²) in [6, 6.07) is 10.7. The zero-order chi connectivity index (χ0) is 14.1. The minimum Gasteiger partial charge on any atom is -0.451 e. The van der Waals surface area contributed by atoms with Crippen LogP contribution < -0.4 is 5.32 Å². The maximum atomic E-state index is 12.1. The summed E-state index contributed by atoms with van der Waals surface area (Å²) in [5.74, 6) is 0.278. The first-order valence-corrected chi connectivity index (χ1v) is 6.43. The van der Waals surface area contributed by atoms with Crippen molar-refractivity contribution >= 4 is 34.3 Å². The predicted octanol–water partition coefficient (Wildman–Crippen LogP) is 4.04. The van der Waals surface area contributed by atoms with Gasteiger partial charge in [-0.15, -0.1) is 0 Å². The maximum Gasteiger partial charge on any atom is 0.292 e. The van der Waals surface area contributed by atoms with Crippen molar-refractivity contribution in [3.05, 3.63) is 58.9 Å². The fourth-order valence-electron chi connectivity index (χ4n) is 1.93. The summed E-state index contributed by atoms with van der Waals surface area (Å²) in [7, 11) is 0. The lowest BCUT2D eigenvalue weighted by atomic mass is 10.2. The van der Waals surface area contributed by atoms with E-state index in [1.54, 1.807) is 18.2 Å². The van der Waals surface area contributed by atoms with E-state index in [1.165, 1.54) is 6.20 Å². The van der Waals surface area contributed by atoms with E-state index in [-0.39, 0.29) is 11.7 Å². The molecule has 0 atom stereocenters. The van der Waals surface area contributed by atoms with Crippen LogP contribution in [-0.2, 0) is 0 Å². The fraction of sp³-hybridized carbons (Fsp3) is 0.0667. The van der Waals surface area contributed by atoms with E-state index in [2.05, 4.69) is 10.3 Å². The van der Waals surface area contributed by atoms with Crippen molar-refractivity contribution in [1.82, 2.24) is 4.98 Å². The van der Waals surface area contributed by atoms with Gasteiger partial charge in [0.2, 0.25) is 0 Å². The average molecular weight is 287 g/mol. The Bertz CT molecular complexity index is 795. The van der Waals surface area contributed by atoms with Crippen molar-refractivity contribution in [2.45, 2.75) is 6.92 Å². The molecule has 0 unspecified atom stereocenters. The van der Waals surface area contributed by atoms with E-state index in [4.69, 9.17) is 16.0 Å². The van der Waals surface area contributed by atoms with Gasteiger partial charge in [-0.25, -0.2) is 4.98 Å². The molecule has 1 amide bonds. The number of benzene rings is 1. The molecule has 4 nitrogen and oxygen atoms in total. The largest absolute Gasteiger partial charge is 0.451 e. The molecule has 0 aliphatic carbocycles. The number of aromatic nitrogens is 1. The van der Waals surface area contributed by atoms with Gasteiger partial charge in [-0.1, -0.05) is 23.2 Å². The molecule has 0 saturated carbocycles. The number of hydrogen-bond acceptors (Lipinski definition) is 3. The molecule has 20 heavy (non-hydrogen) atoms. The van der Waals surface area contributed by atoms with Crippen LogP contribution in [0, 0.1) is 6.92 Å². The van der Waals surface area contributed by atoms with Crippen LogP contribution in [0.5, 0.6) is 0 Å². The second kappa shape index (κ2) is 4.98. The Balaban J connectivity index is 1.88. The monoisotopic (exact) mass is 286 g/mol. The quantitative estimate of drug-likeness (QED) is 0.773. The molecule has 2 heterocycles. The third-order valence-corrected chi connectivity index (χ3v) is 3.09. The van der Waals surface area contributed by atoms with Crippen molar-refractivity contribution < 1.29 is 9.21 Å². The Morgan fingerprint density at radius 3 is 2.90 bits per heavy atom. The number of aryl methyl sites for hydroxylation is 1. The molecule has 0 aliphatic heterocycles. The number of rotatable bonds is 2. The van der Waals surface area contributed by atoms with Gasteiger partial charge in [-0.2, -0.15) is 0 Å². The highest BCUT2D eigenvalue weighted by atomic mass is 35.5. The Labute approximate surface area is 120 Å². The topological polar surface area (TPSA) is 55.1 Å². The highest BCUT2D eigenvalue weighted by molar-refractivity contribution is 6.30. The van der Waals surface area contributed by atoms with Gasteiger partial charge in [0, 0.05) is 16.6 Å². The van der Waals surface area contributed by atoms with Crippen LogP contribution in [0.3, 0.4) is 0 Å². The van der Waals surface area contributed by atoms with Crippen LogP contribution in [0.2, 0.25) is 5.02 Å². The van der Waals surface area contributed by atoms with E-state index >= 15 is 0 Å². The van der Waals surface area contributed by atoms with E-state index in [0.29, 0.717) is 16.4 Å². The van der Waals surface area contributed by atoms with Gasteiger partial charge < -0.3 is 9.73 Å². The number of halogens is 1. The minimum absolute atomic E-state index is 0.243. The molecule has 0 bridgehead atoms. The summed E-state index contributed by atoms with van der Waals surface area (Å²) in [5.41, 5.74) is 1.79. The van der Waals surface area contributed by atoms with Gasteiger partial charge >= 0.3 is 0 Å². The first-order chi connectivity index (χ1) is 9.61. The van der Waals surface area contributed by atoms with Crippen LogP contribution >= 0.6 is 11.6 Å². The van der Waals surface area contributed by atoms with Crippen LogP contribution in [0.1, 0.15) is 16.1 Å². The number of nitrogens with zero attached hydrogens (tertiary/aromatic N) is 1. The van der Waals surface area contributed by atoms with Crippen molar-refractivity contribution in [3.8, 4) is 0 Å². The number of furan rings is 1. The predicted molar refractivity (Wildman–Crippen MR) is 78.2 cm³/mol. The number of hydrogen-bond donors (Lipinski definition) is 1. The highest BCUT2D eigenvalue weighted by Crippen LogP contribution is 2.21. The van der Waals surface area contributed by atoms with Gasteiger partial charge in [0.25, 0.3) is 5.91 Å². The number of pyridine rings is 1. The molecule has 100 valence electrons. The number of anilines is 1. The lowest BCUT2D eigenvalue weighted by molar-refractivity contribution is 0.0998. The van der Waals surface area contributed by atoms with E-state index < -0.39 is 0 Å². The van der Waals surface area contributed by atoms with Gasteiger partial charge in [0.05, 0.1) is 0 Å². The summed E-state index contributed by atoms with van der Waals surface area (Å²) in [6.07, 6.45) is 1.53. The first-order valence-electron chi connectivity index (χ1n) is 6.05. The molecule has 1 N–H and O–H groups in total. The molecule has 0 aliphatic rings. The van der Waals surface area contributed by atoms with Crippen LogP contribution in [0.4, 0.5) is 5.82 Å². The van der Waals surface area contributed by atoms with Crippen molar-refractivity contribution in [3.63, 3.8) is 0 Å². The molecule has 0 fully saturated rings. The van der Waals surface area contributed by atoms with Gasteiger partial charge in [0.15, 0.2) is 5.76 Å². The van der Waals surface area contributed by atoms with Crippen LogP contribution in [0.25, 0.3) is 11.0 Å². The molecule has 5 heteroatoms. The minimum atomic E-state index is -0.353. The molecule has 0 radical (unpaired) electrons. The normalized spacial score (nSPS) is 10.7. The maximum absolute atomic E-state index is 12.1. The summed E-state index contributed by atoms with van der Waals surface area (Å²) >= 11 is 5.84. The molecule has 0 spiro atoms. The van der Waals surface area contributed by atoms with E-state index in [1.807, 2.05) is 25.1 Å². The number of carbonyl (C=O) groups is 1. The van der Waals surface area contributed by atoms with Crippen molar-refractivity contribution in [1.29, 1.82) is 0 Å². The van der Waals surface area contributed by atoms with Crippen molar-refractivity contribution in [2.24, 2.45) is 0 Å². The fourth-order valence-corrected chi connectivity index (χ4v) is 2.09. The molecular formula is C15H11ClN2O2. The summed E-state index contributed by atoms with van der Waals surface area (Å²) in [5, 5.41) is 4.05. The van der Waals surface area contributed by atoms with E-state index in [9.17, 15) is 4.79 Å². The smallest absolute Gasteiger partial charge is 0.292 e. The lowest BCUT2D eigenvalue weighted by Crippen LogP contribution is -2.11. The molecule has 2 aromatic heterocycles. The van der Waals surface area contributed by atoms with E-state index in [0.717, 1.165) is 10.9 Å². The molecular weight excluding hydrogens is 276 g/mol. The number of carbonyl (C=O) groups excluding carboxylic acids is 1. The summed E-state index contributed by atoms with van der Waals surface area (Å²) < 4.78 is 5.51. The molecule has 1 aromatic carbocycles. The molecule has 0 saturated heterocycles. The third kappa shape index (κ3) is 2.51. The molecule has 3 rings (SSSR count).